The number of thiazole rings is 1. The van der Waals surface area contributed by atoms with Gasteiger partial charge in [0.05, 0.1) is 10.7 Å². The van der Waals surface area contributed by atoms with E-state index in [4.69, 9.17) is 0 Å². The summed E-state index contributed by atoms with van der Waals surface area (Å²) in [7, 11) is 0. The van der Waals surface area contributed by atoms with Crippen molar-refractivity contribution in [2.75, 3.05) is 0 Å². The minimum absolute atomic E-state index is 0.588. The highest BCUT2D eigenvalue weighted by atomic mass is 32.1. The summed E-state index contributed by atoms with van der Waals surface area (Å²) in [6.07, 6.45) is 6.64. The first-order chi connectivity index (χ1) is 7.74. The van der Waals surface area contributed by atoms with Crippen molar-refractivity contribution in [2.45, 2.75) is 58.0 Å². The van der Waals surface area contributed by atoms with Gasteiger partial charge in [0.2, 0.25) is 0 Å². The third kappa shape index (κ3) is 2.03. The largest absolute Gasteiger partial charge is 0.306 e. The van der Waals surface area contributed by atoms with Crippen LogP contribution in [0.1, 0.15) is 54.2 Å². The summed E-state index contributed by atoms with van der Waals surface area (Å²) in [6, 6.07) is 1.28. The van der Waals surface area contributed by atoms with E-state index in [2.05, 4.69) is 24.1 Å². The highest BCUT2D eigenvalue weighted by molar-refractivity contribution is 7.11. The van der Waals surface area contributed by atoms with Crippen molar-refractivity contribution in [3.05, 3.63) is 15.6 Å². The van der Waals surface area contributed by atoms with Crippen LogP contribution < -0.4 is 5.32 Å². The van der Waals surface area contributed by atoms with E-state index in [1.165, 1.54) is 47.7 Å². The van der Waals surface area contributed by atoms with Gasteiger partial charge in [-0.05, 0) is 51.9 Å². The van der Waals surface area contributed by atoms with Gasteiger partial charge in [0, 0.05) is 17.0 Å². The van der Waals surface area contributed by atoms with E-state index in [1.807, 2.05) is 11.3 Å². The van der Waals surface area contributed by atoms with E-state index in [0.717, 1.165) is 5.92 Å². The van der Waals surface area contributed by atoms with Crippen LogP contribution in [0.5, 0.6) is 0 Å². The molecule has 0 amide bonds. The molecule has 1 aromatic rings. The molecule has 0 bridgehead atoms. The summed E-state index contributed by atoms with van der Waals surface area (Å²) in [5.74, 6) is 0.944. The smallest absolute Gasteiger partial charge is 0.0900 e. The van der Waals surface area contributed by atoms with Crippen LogP contribution in [-0.2, 0) is 6.42 Å². The normalized spacial score (nSPS) is 26.5. The van der Waals surface area contributed by atoms with Crippen LogP contribution in [0, 0.1) is 12.8 Å². The van der Waals surface area contributed by atoms with Crippen LogP contribution in [0.3, 0.4) is 0 Å². The molecule has 0 aromatic carbocycles. The maximum atomic E-state index is 4.65. The first kappa shape index (κ1) is 10.7. The lowest BCUT2D eigenvalue weighted by Crippen LogP contribution is -2.33. The molecule has 2 atom stereocenters. The predicted octanol–water partition coefficient (Wildman–Crippen LogP) is 3.22. The highest BCUT2D eigenvalue weighted by Gasteiger charge is 2.31. The molecule has 2 aliphatic carbocycles. The van der Waals surface area contributed by atoms with Gasteiger partial charge in [-0.2, -0.15) is 0 Å². The molecule has 0 radical (unpaired) electrons. The molecule has 0 spiro atoms. The fourth-order valence-electron chi connectivity index (χ4n) is 2.75. The van der Waals surface area contributed by atoms with Crippen molar-refractivity contribution in [1.82, 2.24) is 10.3 Å². The van der Waals surface area contributed by atoms with Crippen molar-refractivity contribution < 1.29 is 0 Å². The Balaban J connectivity index is 1.75. The lowest BCUT2D eigenvalue weighted by Gasteiger charge is -2.26. The second-order valence-corrected chi connectivity index (χ2v) is 6.52. The van der Waals surface area contributed by atoms with Gasteiger partial charge in [0.1, 0.15) is 0 Å². The molecule has 2 aliphatic rings. The molecule has 1 aromatic heterocycles. The highest BCUT2D eigenvalue weighted by Crippen LogP contribution is 2.37. The predicted molar refractivity (Wildman–Crippen MR) is 67.9 cm³/mol. The van der Waals surface area contributed by atoms with Crippen molar-refractivity contribution in [3.8, 4) is 0 Å². The summed E-state index contributed by atoms with van der Waals surface area (Å²) in [4.78, 5) is 6.17. The molecule has 2 unspecified atom stereocenters. The molecule has 16 heavy (non-hydrogen) atoms. The minimum atomic E-state index is 0.588. The van der Waals surface area contributed by atoms with Crippen LogP contribution in [0.2, 0.25) is 0 Å². The Labute approximate surface area is 101 Å². The monoisotopic (exact) mass is 236 g/mol. The molecule has 0 saturated heterocycles. The van der Waals surface area contributed by atoms with Gasteiger partial charge in [0.25, 0.3) is 0 Å². The number of hydrogen-bond donors (Lipinski definition) is 1. The molecule has 1 fully saturated rings. The Morgan fingerprint density at radius 3 is 2.94 bits per heavy atom. The first-order valence-electron chi connectivity index (χ1n) is 6.46. The van der Waals surface area contributed by atoms with Crippen LogP contribution in [0.4, 0.5) is 0 Å². The molecule has 2 nitrogen and oxygen atoms in total. The average Bonchev–Trinajstić information content (AvgIpc) is 3.01. The fourth-order valence-corrected chi connectivity index (χ4v) is 3.82. The van der Waals surface area contributed by atoms with Crippen molar-refractivity contribution in [1.29, 1.82) is 0 Å². The van der Waals surface area contributed by atoms with E-state index in [-0.39, 0.29) is 0 Å². The van der Waals surface area contributed by atoms with Crippen molar-refractivity contribution in [2.24, 2.45) is 5.92 Å². The Hall–Kier alpha value is -0.410. The van der Waals surface area contributed by atoms with Crippen LogP contribution in [0.15, 0.2) is 0 Å². The number of aromatic nitrogens is 1. The Morgan fingerprint density at radius 2 is 2.19 bits per heavy atom. The van der Waals surface area contributed by atoms with Gasteiger partial charge in [-0.15, -0.1) is 11.3 Å². The molecule has 3 rings (SSSR count). The van der Waals surface area contributed by atoms with Gasteiger partial charge in [-0.1, -0.05) is 0 Å². The summed E-state index contributed by atoms with van der Waals surface area (Å²) in [6.45, 7) is 4.48. The quantitative estimate of drug-likeness (QED) is 0.871. The molecule has 1 N–H and O–H groups in total. The molecular formula is C13H20N2S. The zero-order valence-electron chi connectivity index (χ0n) is 10.1. The van der Waals surface area contributed by atoms with Crippen molar-refractivity contribution in [3.63, 3.8) is 0 Å². The Kier molecular flexibility index (Phi) is 2.76. The second-order valence-electron chi connectivity index (χ2n) is 5.28. The zero-order valence-corrected chi connectivity index (χ0v) is 10.9. The number of rotatable bonds is 3. The standard InChI is InChI=1S/C13H20N2S/c1-8(10-6-7-10)14-11-4-3-5-12-13(11)16-9(2)15-12/h8,10-11,14H,3-7H2,1-2H3. The van der Waals surface area contributed by atoms with Gasteiger partial charge >= 0.3 is 0 Å². The second kappa shape index (κ2) is 4.11. The topological polar surface area (TPSA) is 24.9 Å². The lowest BCUT2D eigenvalue weighted by molar-refractivity contribution is 0.388. The summed E-state index contributed by atoms with van der Waals surface area (Å²) in [5.41, 5.74) is 1.37. The summed E-state index contributed by atoms with van der Waals surface area (Å²) in [5, 5.41) is 5.05. The first-order valence-corrected chi connectivity index (χ1v) is 7.28. The van der Waals surface area contributed by atoms with E-state index >= 15 is 0 Å². The SMILES string of the molecule is Cc1nc2c(s1)C(NC(C)C1CC1)CCC2. The average molecular weight is 236 g/mol. The molecular weight excluding hydrogens is 216 g/mol. The van der Waals surface area contributed by atoms with E-state index in [0.29, 0.717) is 12.1 Å². The number of nitrogens with one attached hydrogen (secondary N) is 1. The Morgan fingerprint density at radius 1 is 1.38 bits per heavy atom. The molecule has 0 aliphatic heterocycles. The third-order valence-electron chi connectivity index (χ3n) is 3.85. The van der Waals surface area contributed by atoms with Crippen LogP contribution in [0.25, 0.3) is 0 Å². The molecule has 1 saturated carbocycles. The van der Waals surface area contributed by atoms with Gasteiger partial charge in [-0.25, -0.2) is 4.98 Å². The fraction of sp³-hybridized carbons (Fsp3) is 0.769. The lowest BCUT2D eigenvalue weighted by atomic mass is 9.97. The maximum absolute atomic E-state index is 4.65. The van der Waals surface area contributed by atoms with Gasteiger partial charge < -0.3 is 5.32 Å². The van der Waals surface area contributed by atoms with Gasteiger partial charge in [0.15, 0.2) is 0 Å². The minimum Gasteiger partial charge on any atom is -0.306 e. The van der Waals surface area contributed by atoms with Crippen LogP contribution in [-0.4, -0.2) is 11.0 Å². The molecule has 88 valence electrons. The summed E-state index contributed by atoms with van der Waals surface area (Å²) >= 11 is 1.90. The summed E-state index contributed by atoms with van der Waals surface area (Å²) < 4.78 is 0. The van der Waals surface area contributed by atoms with E-state index in [1.54, 1.807) is 0 Å². The third-order valence-corrected chi connectivity index (χ3v) is 4.98. The number of nitrogens with zero attached hydrogens (tertiary/aromatic N) is 1. The van der Waals surface area contributed by atoms with E-state index < -0.39 is 0 Å². The molecule has 3 heteroatoms. The van der Waals surface area contributed by atoms with E-state index in [9.17, 15) is 0 Å². The molecule has 1 heterocycles. The Bertz CT molecular complexity index is 381. The number of fused-ring (bicyclic) bond motifs is 1. The number of aryl methyl sites for hydroxylation is 2. The number of hydrogen-bond acceptors (Lipinski definition) is 3. The van der Waals surface area contributed by atoms with Crippen molar-refractivity contribution >= 4 is 11.3 Å². The van der Waals surface area contributed by atoms with Crippen LogP contribution >= 0.6 is 11.3 Å². The maximum Gasteiger partial charge on any atom is 0.0900 e. The van der Waals surface area contributed by atoms with Gasteiger partial charge in [-0.3, -0.25) is 0 Å². The zero-order chi connectivity index (χ0) is 11.1.